The Bertz CT molecular complexity index is 3510. The summed E-state index contributed by atoms with van der Waals surface area (Å²) >= 11 is 0. The number of anilines is 4. The number of nitrogens with zero attached hydrogens (tertiary/aromatic N) is 2. The molecule has 0 atom stereocenters. The number of nitrogens with two attached hydrogens (primary N) is 2. The maximum absolute atomic E-state index is 13.3. The molecule has 0 spiro atoms. The van der Waals surface area contributed by atoms with E-state index in [2.05, 4.69) is 21.1 Å². The van der Waals surface area contributed by atoms with E-state index in [-0.39, 0.29) is 52.1 Å². The first-order valence-corrected chi connectivity index (χ1v) is 25.7. The number of ketones is 2. The topological polar surface area (TPSA) is 461 Å². The fourth-order valence-electron chi connectivity index (χ4n) is 6.27. The van der Waals surface area contributed by atoms with Crippen molar-refractivity contribution in [2.75, 3.05) is 22.3 Å². The minimum absolute atomic E-state index is 0. The molecule has 0 fully saturated rings. The summed E-state index contributed by atoms with van der Waals surface area (Å²) < 4.78 is 204. The average Bonchev–Trinajstić information content (AvgIpc) is 3.17. The molecule has 0 unspecified atom stereocenters. The number of hydrogen-bond acceptors (Lipinski definition) is 20. The molecule has 4 aromatic rings. The van der Waals surface area contributed by atoms with Crippen molar-refractivity contribution >= 4 is 131 Å². The third-order valence-corrected chi connectivity index (χ3v) is 14.5. The average molecular weight is 1050 g/mol. The fraction of sp³-hybridized carbons (Fsp3) is 0. The number of nitrogen functional groups attached to an aromatic ring is 2. The SMILES string of the molecule is Nc1c(S(=O)(=O)O)cc(S(=O)(=O)O)c2c1C(=O)/C(=N\Nc1ccc(/C=C/c3ccc(N/N=C4\C=Cc5c(S(=O)(=O)O)cc(S(=O)(=O)O)c(N)c5C4=O)cc3S(=O)(=O)O)c(S(=O)(=O)O)c1)C=C2.[Na+]. The third kappa shape index (κ3) is 10.9. The zero-order valence-corrected chi connectivity index (χ0v) is 39.9. The number of rotatable bonds is 12. The monoisotopic (exact) mass is 1050 g/mol. The van der Waals surface area contributed by atoms with Crippen LogP contribution < -0.4 is 51.9 Å². The van der Waals surface area contributed by atoms with Gasteiger partial charge < -0.3 is 11.5 Å². The molecule has 33 heteroatoms. The molecule has 0 aromatic heterocycles. The van der Waals surface area contributed by atoms with E-state index in [9.17, 15) is 87.4 Å². The summed E-state index contributed by atoms with van der Waals surface area (Å²) in [6.07, 6.45) is 5.63. The van der Waals surface area contributed by atoms with E-state index in [0.29, 0.717) is 12.1 Å². The van der Waals surface area contributed by atoms with E-state index in [4.69, 9.17) is 11.5 Å². The Labute approximate surface area is 400 Å². The van der Waals surface area contributed by atoms with Crippen LogP contribution in [0.5, 0.6) is 0 Å². The van der Waals surface area contributed by atoms with Gasteiger partial charge in [-0.2, -0.15) is 60.7 Å². The van der Waals surface area contributed by atoms with E-state index in [0.717, 1.165) is 72.9 Å². The van der Waals surface area contributed by atoms with Crippen LogP contribution in [-0.4, -0.2) is 101 Å². The van der Waals surface area contributed by atoms with Crippen molar-refractivity contribution in [2.45, 2.75) is 29.4 Å². The summed E-state index contributed by atoms with van der Waals surface area (Å²) in [5.41, 5.74) is 9.37. The van der Waals surface area contributed by atoms with Crippen molar-refractivity contribution in [1.29, 1.82) is 0 Å². The summed E-state index contributed by atoms with van der Waals surface area (Å²) in [5.74, 6) is -2.45. The Hall–Kier alpha value is -5.56. The van der Waals surface area contributed by atoms with Crippen LogP contribution in [0.15, 0.2) is 100 Å². The second kappa shape index (κ2) is 18.2. The van der Waals surface area contributed by atoms with Crippen molar-refractivity contribution in [3.05, 3.63) is 94.1 Å². The molecule has 0 bridgehead atoms. The molecular formula is C34H26N6NaO20S6+. The maximum Gasteiger partial charge on any atom is 1.00 e. The molecule has 0 heterocycles. The zero-order valence-electron chi connectivity index (χ0n) is 33.0. The molecule has 4 aromatic carbocycles. The Kier molecular flexibility index (Phi) is 14.2. The molecule has 67 heavy (non-hydrogen) atoms. The van der Waals surface area contributed by atoms with Crippen molar-refractivity contribution in [3.63, 3.8) is 0 Å². The normalized spacial score (nSPS) is 15.7. The maximum atomic E-state index is 13.3. The number of nitrogens with one attached hydrogen (secondary N) is 2. The molecule has 2 aliphatic rings. The van der Waals surface area contributed by atoms with Crippen LogP contribution >= 0.6 is 0 Å². The van der Waals surface area contributed by atoms with Crippen LogP contribution in [0, 0.1) is 0 Å². The largest absolute Gasteiger partial charge is 1.00 e. The van der Waals surface area contributed by atoms with Crippen LogP contribution in [0.2, 0.25) is 0 Å². The van der Waals surface area contributed by atoms with Crippen molar-refractivity contribution in [3.8, 4) is 0 Å². The van der Waals surface area contributed by atoms with Crippen LogP contribution in [0.4, 0.5) is 22.7 Å². The predicted molar refractivity (Wildman–Crippen MR) is 231 cm³/mol. The summed E-state index contributed by atoms with van der Waals surface area (Å²) in [5, 5.41) is 7.59. The molecule has 26 nitrogen and oxygen atoms in total. The van der Waals surface area contributed by atoms with Crippen LogP contribution in [0.1, 0.15) is 43.0 Å². The standard InChI is InChI=1S/C34H26N6O20S6.Na/c35-31-27(65(55,56)57)13-25(63(49,50)51)19-7-9-21(33(41)29(19)31)39-37-17-5-3-15(23(11-17)61(43,44)45)1-2-16-4-6-18(12-24(16)62(46,47)48)38-40-22-10-8-20-26(64(52,53)54)14-28(66(58,59)60)32(36)30(20)34(22)42;/h1-14,37-38H,35-36H2,(H,43,44,45)(H,46,47,48)(H,49,50,51)(H,52,53,54)(H,55,56,57)(H,58,59,60);/q;+1/b2-1+,39-21-,40-22+;. The quantitative estimate of drug-likeness (QED) is 0.0264. The smallest absolute Gasteiger partial charge is 0.397 e. The van der Waals surface area contributed by atoms with Crippen LogP contribution in [0.3, 0.4) is 0 Å². The molecule has 2 aliphatic carbocycles. The van der Waals surface area contributed by atoms with Crippen molar-refractivity contribution in [2.24, 2.45) is 10.2 Å². The molecule has 348 valence electrons. The van der Waals surface area contributed by atoms with Gasteiger partial charge in [-0.15, -0.1) is 0 Å². The van der Waals surface area contributed by atoms with Gasteiger partial charge >= 0.3 is 29.6 Å². The van der Waals surface area contributed by atoms with Gasteiger partial charge in [0.15, 0.2) is 0 Å². The van der Waals surface area contributed by atoms with E-state index in [1.807, 2.05) is 0 Å². The second-order valence-electron chi connectivity index (χ2n) is 13.4. The number of carbonyl (C=O) groups is 2. The van der Waals surface area contributed by atoms with Crippen LogP contribution in [-0.2, 0) is 60.7 Å². The van der Waals surface area contributed by atoms with Gasteiger partial charge in [-0.05, 0) is 59.7 Å². The molecule has 0 aliphatic heterocycles. The summed E-state index contributed by atoms with van der Waals surface area (Å²) in [7, 11) is -31.1. The van der Waals surface area contributed by atoms with Gasteiger partial charge in [0.25, 0.3) is 60.7 Å². The Morgan fingerprint density at radius 3 is 1.01 bits per heavy atom. The number of hydrazone groups is 2. The zero-order chi connectivity index (χ0) is 49.3. The second-order valence-corrected chi connectivity index (χ2v) is 21.7. The number of allylic oxidation sites excluding steroid dienone is 2. The first kappa shape index (κ1) is 52.4. The van der Waals surface area contributed by atoms with E-state index < -0.39 is 147 Å². The number of carbonyl (C=O) groups excluding carboxylic acids is 2. The molecule has 0 radical (unpaired) electrons. The molecule has 0 amide bonds. The fourth-order valence-corrected chi connectivity index (χ4v) is 10.6. The van der Waals surface area contributed by atoms with Gasteiger partial charge in [-0.1, -0.05) is 36.4 Å². The molecule has 0 saturated carbocycles. The summed E-state index contributed by atoms with van der Waals surface area (Å²) in [6, 6.07) is 6.65. The van der Waals surface area contributed by atoms with Gasteiger partial charge in [-0.25, -0.2) is 0 Å². The van der Waals surface area contributed by atoms with Gasteiger partial charge in [-0.3, -0.25) is 47.8 Å². The van der Waals surface area contributed by atoms with Crippen molar-refractivity contribution < 1.29 is 117 Å². The third-order valence-electron chi connectivity index (χ3n) is 9.15. The van der Waals surface area contributed by atoms with Gasteiger partial charge in [0.05, 0.1) is 33.9 Å². The molecule has 6 rings (SSSR count). The van der Waals surface area contributed by atoms with E-state index >= 15 is 0 Å². The Balaban J connectivity index is 0.00000840. The first-order valence-electron chi connectivity index (χ1n) is 17.1. The van der Waals surface area contributed by atoms with Crippen LogP contribution in [0.25, 0.3) is 24.3 Å². The number of hydrogen-bond donors (Lipinski definition) is 10. The minimum atomic E-state index is -5.25. The molecular weight excluding hydrogens is 1030 g/mol. The Morgan fingerprint density at radius 2 is 0.731 bits per heavy atom. The molecule has 12 N–H and O–H groups in total. The van der Waals surface area contributed by atoms with Gasteiger partial charge in [0.1, 0.15) is 40.8 Å². The summed E-state index contributed by atoms with van der Waals surface area (Å²) in [6.45, 7) is 0. The first-order chi connectivity index (χ1) is 30.2. The number of benzene rings is 4. The number of fused-ring (bicyclic) bond motifs is 2. The van der Waals surface area contributed by atoms with Crippen molar-refractivity contribution in [1.82, 2.24) is 0 Å². The molecule has 0 saturated heterocycles. The van der Waals surface area contributed by atoms with E-state index in [1.54, 1.807) is 0 Å². The summed E-state index contributed by atoms with van der Waals surface area (Å²) in [4.78, 5) is 20.3. The Morgan fingerprint density at radius 1 is 0.433 bits per heavy atom. The number of Topliss-reactive ketones (excluding diaryl/α,β-unsaturated/α-hetero) is 2. The van der Waals surface area contributed by atoms with E-state index in [1.165, 1.54) is 0 Å². The van der Waals surface area contributed by atoms with Gasteiger partial charge in [0, 0.05) is 11.1 Å². The van der Waals surface area contributed by atoms with Gasteiger partial charge in [0.2, 0.25) is 11.6 Å². The minimum Gasteiger partial charge on any atom is -0.397 e. The predicted octanol–water partition coefficient (Wildman–Crippen LogP) is -1.14.